The van der Waals surface area contributed by atoms with Crippen LogP contribution in [-0.2, 0) is 7.05 Å². The molecule has 2 aromatic heterocycles. The van der Waals surface area contributed by atoms with Gasteiger partial charge in [0.1, 0.15) is 18.0 Å². The van der Waals surface area contributed by atoms with Gasteiger partial charge in [-0.1, -0.05) is 0 Å². The van der Waals surface area contributed by atoms with Gasteiger partial charge in [-0.15, -0.1) is 0 Å². The Hall–Kier alpha value is -2.15. The minimum atomic E-state index is 0.244. The Morgan fingerprint density at radius 1 is 1.26 bits per heavy atom. The van der Waals surface area contributed by atoms with Crippen LogP contribution in [0.25, 0.3) is 0 Å². The second-order valence-electron chi connectivity index (χ2n) is 6.26. The minimum absolute atomic E-state index is 0.244. The number of nitrogens with one attached hydrogen (secondary N) is 1. The lowest BCUT2D eigenvalue weighted by molar-refractivity contribution is 0.311. The Balaban J connectivity index is 1.67. The van der Waals surface area contributed by atoms with Gasteiger partial charge in [-0.05, 0) is 26.9 Å². The lowest BCUT2D eigenvalue weighted by atomic mass is 10.1. The molecule has 0 saturated carbocycles. The van der Waals surface area contributed by atoms with Crippen LogP contribution >= 0.6 is 0 Å². The smallest absolute Gasteiger partial charge is 0.134 e. The quantitative estimate of drug-likeness (QED) is 0.872. The van der Waals surface area contributed by atoms with Crippen LogP contribution in [0.1, 0.15) is 24.4 Å². The first-order valence-corrected chi connectivity index (χ1v) is 8.09. The topological polar surface area (TPSA) is 62.1 Å². The maximum Gasteiger partial charge on any atom is 0.134 e. The Bertz CT molecular complexity index is 631. The van der Waals surface area contributed by atoms with Gasteiger partial charge >= 0.3 is 0 Å². The van der Waals surface area contributed by atoms with Gasteiger partial charge in [0.15, 0.2) is 0 Å². The molecule has 7 heteroatoms. The molecule has 2 aromatic rings. The van der Waals surface area contributed by atoms with Crippen molar-refractivity contribution in [3.63, 3.8) is 0 Å². The highest BCUT2D eigenvalue weighted by Crippen LogP contribution is 2.21. The van der Waals surface area contributed by atoms with E-state index in [0.717, 1.165) is 31.3 Å². The number of rotatable bonds is 6. The van der Waals surface area contributed by atoms with Gasteiger partial charge in [-0.25, -0.2) is 9.97 Å². The van der Waals surface area contributed by atoms with Crippen molar-refractivity contribution in [2.75, 3.05) is 43.9 Å². The molecule has 1 fully saturated rings. The third kappa shape index (κ3) is 3.79. The molecule has 0 bridgehead atoms. The standard InChI is InChI=1S/C16H25N7/c1-21(2)14(13-9-20-22(3)11-13)10-17-15-8-16(19-12-18-15)23-6-4-5-7-23/h8-9,11-12,14H,4-7,10H2,1-3H3,(H,17,18,19). The van der Waals surface area contributed by atoms with Crippen LogP contribution in [-0.4, -0.2) is 58.4 Å². The zero-order valence-corrected chi connectivity index (χ0v) is 14.1. The summed E-state index contributed by atoms with van der Waals surface area (Å²) in [7, 11) is 6.10. The van der Waals surface area contributed by atoms with Crippen LogP contribution in [0.3, 0.4) is 0 Å². The fraction of sp³-hybridized carbons (Fsp3) is 0.562. The first kappa shape index (κ1) is 15.7. The molecular weight excluding hydrogens is 290 g/mol. The summed E-state index contributed by atoms with van der Waals surface area (Å²) in [6.07, 6.45) is 8.11. The lowest BCUT2D eigenvalue weighted by Crippen LogP contribution is -2.27. The van der Waals surface area contributed by atoms with Gasteiger partial charge in [0.2, 0.25) is 0 Å². The van der Waals surface area contributed by atoms with Gasteiger partial charge in [0.05, 0.1) is 12.2 Å². The van der Waals surface area contributed by atoms with Crippen LogP contribution in [0.15, 0.2) is 24.8 Å². The van der Waals surface area contributed by atoms with Crippen molar-refractivity contribution in [3.8, 4) is 0 Å². The van der Waals surface area contributed by atoms with Crippen LogP contribution in [0.4, 0.5) is 11.6 Å². The van der Waals surface area contributed by atoms with Crippen molar-refractivity contribution in [3.05, 3.63) is 30.4 Å². The summed E-state index contributed by atoms with van der Waals surface area (Å²) in [6, 6.07) is 2.29. The maximum absolute atomic E-state index is 4.40. The summed E-state index contributed by atoms with van der Waals surface area (Å²) in [5.74, 6) is 1.89. The average molecular weight is 315 g/mol. The van der Waals surface area contributed by atoms with Gasteiger partial charge in [-0.3, -0.25) is 4.68 Å². The molecule has 124 valence electrons. The summed E-state index contributed by atoms with van der Waals surface area (Å²) in [6.45, 7) is 2.95. The Morgan fingerprint density at radius 3 is 2.70 bits per heavy atom. The average Bonchev–Trinajstić information content (AvgIpc) is 3.19. The Kier molecular flexibility index (Phi) is 4.76. The van der Waals surface area contributed by atoms with Crippen molar-refractivity contribution in [2.45, 2.75) is 18.9 Å². The summed E-state index contributed by atoms with van der Waals surface area (Å²) in [5.41, 5.74) is 1.19. The number of likely N-dealkylation sites (N-methyl/N-ethyl adjacent to an activating group) is 1. The molecule has 3 heterocycles. The molecule has 23 heavy (non-hydrogen) atoms. The predicted octanol–water partition coefficient (Wildman–Crippen LogP) is 1.53. The summed E-state index contributed by atoms with van der Waals surface area (Å²) in [4.78, 5) is 13.3. The summed E-state index contributed by atoms with van der Waals surface area (Å²) in [5, 5.41) is 7.71. The number of hydrogen-bond acceptors (Lipinski definition) is 6. The van der Waals surface area contributed by atoms with E-state index in [-0.39, 0.29) is 6.04 Å². The zero-order chi connectivity index (χ0) is 16.2. The van der Waals surface area contributed by atoms with Crippen LogP contribution in [0.2, 0.25) is 0 Å². The number of anilines is 2. The molecular formula is C16H25N7. The molecule has 1 atom stereocenters. The fourth-order valence-electron chi connectivity index (χ4n) is 2.97. The molecule has 0 aliphatic carbocycles. The number of aryl methyl sites for hydroxylation is 1. The number of nitrogens with zero attached hydrogens (tertiary/aromatic N) is 6. The summed E-state index contributed by atoms with van der Waals surface area (Å²) < 4.78 is 1.84. The Morgan fingerprint density at radius 2 is 2.04 bits per heavy atom. The molecule has 1 N–H and O–H groups in total. The van der Waals surface area contributed by atoms with E-state index >= 15 is 0 Å². The molecule has 0 spiro atoms. The van der Waals surface area contributed by atoms with E-state index in [2.05, 4.69) is 50.5 Å². The lowest BCUT2D eigenvalue weighted by Gasteiger charge is -2.24. The minimum Gasteiger partial charge on any atom is -0.368 e. The second-order valence-corrected chi connectivity index (χ2v) is 6.26. The SMILES string of the molecule is CN(C)C(CNc1cc(N2CCCC2)ncn1)c1cnn(C)c1. The molecule has 0 aromatic carbocycles. The van der Waals surface area contributed by atoms with E-state index < -0.39 is 0 Å². The first-order chi connectivity index (χ1) is 11.1. The molecule has 3 rings (SSSR count). The van der Waals surface area contributed by atoms with E-state index in [1.54, 1.807) is 6.33 Å². The van der Waals surface area contributed by atoms with Crippen LogP contribution in [0.5, 0.6) is 0 Å². The highest BCUT2D eigenvalue weighted by molar-refractivity contribution is 5.49. The molecule has 7 nitrogen and oxygen atoms in total. The monoisotopic (exact) mass is 315 g/mol. The molecule has 0 radical (unpaired) electrons. The number of aromatic nitrogens is 4. The molecule has 0 amide bonds. The number of hydrogen-bond donors (Lipinski definition) is 1. The van der Waals surface area contributed by atoms with E-state index in [0.29, 0.717) is 0 Å². The van der Waals surface area contributed by atoms with Crippen molar-refractivity contribution in [1.82, 2.24) is 24.6 Å². The first-order valence-electron chi connectivity index (χ1n) is 8.09. The highest BCUT2D eigenvalue weighted by atomic mass is 15.3. The van der Waals surface area contributed by atoms with Crippen molar-refractivity contribution in [2.24, 2.45) is 7.05 Å². The molecule has 1 aliphatic rings. The molecule has 1 saturated heterocycles. The van der Waals surface area contributed by atoms with Gasteiger partial charge in [0, 0.05) is 44.5 Å². The summed E-state index contributed by atoms with van der Waals surface area (Å²) >= 11 is 0. The maximum atomic E-state index is 4.40. The van der Waals surface area contributed by atoms with Crippen LogP contribution < -0.4 is 10.2 Å². The van der Waals surface area contributed by atoms with E-state index in [1.807, 2.05) is 24.0 Å². The van der Waals surface area contributed by atoms with Crippen molar-refractivity contribution < 1.29 is 0 Å². The third-order valence-electron chi connectivity index (χ3n) is 4.29. The highest BCUT2D eigenvalue weighted by Gasteiger charge is 2.17. The normalized spacial score (nSPS) is 16.1. The zero-order valence-electron chi connectivity index (χ0n) is 14.1. The van der Waals surface area contributed by atoms with Crippen molar-refractivity contribution in [1.29, 1.82) is 0 Å². The van der Waals surface area contributed by atoms with Gasteiger partial charge in [-0.2, -0.15) is 5.10 Å². The van der Waals surface area contributed by atoms with Crippen molar-refractivity contribution >= 4 is 11.6 Å². The third-order valence-corrected chi connectivity index (χ3v) is 4.29. The molecule has 1 unspecified atom stereocenters. The van der Waals surface area contributed by atoms with Gasteiger partial charge in [0.25, 0.3) is 0 Å². The largest absolute Gasteiger partial charge is 0.368 e. The van der Waals surface area contributed by atoms with E-state index in [1.165, 1.54) is 18.4 Å². The van der Waals surface area contributed by atoms with E-state index in [4.69, 9.17) is 0 Å². The van der Waals surface area contributed by atoms with Crippen LogP contribution in [0, 0.1) is 0 Å². The predicted molar refractivity (Wildman–Crippen MR) is 91.6 cm³/mol. The van der Waals surface area contributed by atoms with E-state index in [9.17, 15) is 0 Å². The Labute approximate surface area is 137 Å². The van der Waals surface area contributed by atoms with Gasteiger partial charge < -0.3 is 15.1 Å². The second kappa shape index (κ2) is 6.95. The molecule has 1 aliphatic heterocycles. The fourth-order valence-corrected chi connectivity index (χ4v) is 2.97.